The van der Waals surface area contributed by atoms with Crippen LogP contribution in [0.3, 0.4) is 0 Å². The van der Waals surface area contributed by atoms with Gasteiger partial charge in [0, 0.05) is 18.1 Å². The Hall–Kier alpha value is -1.68. The summed E-state index contributed by atoms with van der Waals surface area (Å²) in [5.41, 5.74) is 8.40. The van der Waals surface area contributed by atoms with E-state index in [1.54, 1.807) is 7.11 Å². The number of rotatable bonds is 2. The van der Waals surface area contributed by atoms with E-state index in [1.165, 1.54) is 0 Å². The van der Waals surface area contributed by atoms with Crippen molar-refractivity contribution in [3.63, 3.8) is 0 Å². The molecule has 0 aliphatic carbocycles. The molecule has 1 aromatic heterocycles. The average molecular weight is 206 g/mol. The van der Waals surface area contributed by atoms with Gasteiger partial charge in [-0.2, -0.15) is 0 Å². The van der Waals surface area contributed by atoms with Gasteiger partial charge in [0.05, 0.1) is 24.9 Å². The Morgan fingerprint density at radius 3 is 2.80 bits per heavy atom. The van der Waals surface area contributed by atoms with Crippen molar-refractivity contribution >= 4 is 16.6 Å². The summed E-state index contributed by atoms with van der Waals surface area (Å²) < 4.78 is 7.06. The molecule has 0 unspecified atom stereocenters. The van der Waals surface area contributed by atoms with E-state index in [-0.39, 0.29) is 6.61 Å². The molecule has 0 fully saturated rings. The van der Waals surface area contributed by atoms with Gasteiger partial charge < -0.3 is 20.1 Å². The van der Waals surface area contributed by atoms with Crippen molar-refractivity contribution in [1.82, 2.24) is 4.57 Å². The molecule has 3 N–H and O–H groups in total. The van der Waals surface area contributed by atoms with E-state index in [9.17, 15) is 0 Å². The van der Waals surface area contributed by atoms with Crippen LogP contribution in [0.2, 0.25) is 0 Å². The van der Waals surface area contributed by atoms with Gasteiger partial charge in [-0.1, -0.05) is 0 Å². The maximum absolute atomic E-state index is 9.14. The topological polar surface area (TPSA) is 60.4 Å². The highest BCUT2D eigenvalue weighted by atomic mass is 16.5. The number of hydrogen-bond donors (Lipinski definition) is 2. The van der Waals surface area contributed by atoms with E-state index in [2.05, 4.69) is 0 Å². The highest BCUT2D eigenvalue weighted by molar-refractivity contribution is 5.95. The van der Waals surface area contributed by atoms with Crippen LogP contribution in [0.25, 0.3) is 10.9 Å². The number of benzene rings is 1. The minimum absolute atomic E-state index is 0.00688. The normalized spacial score (nSPS) is 10.9. The SMILES string of the molecule is COc1ccc2c(cc(CO)n2C)c1N. The van der Waals surface area contributed by atoms with Gasteiger partial charge in [-0.05, 0) is 18.2 Å². The summed E-state index contributed by atoms with van der Waals surface area (Å²) in [7, 11) is 3.49. The molecular weight excluding hydrogens is 192 g/mol. The fourth-order valence-electron chi connectivity index (χ4n) is 1.80. The molecular formula is C11H14N2O2. The summed E-state index contributed by atoms with van der Waals surface area (Å²) in [5.74, 6) is 0.664. The van der Waals surface area contributed by atoms with Crippen molar-refractivity contribution in [3.8, 4) is 5.75 Å². The summed E-state index contributed by atoms with van der Waals surface area (Å²) >= 11 is 0. The average Bonchev–Trinajstić information content (AvgIpc) is 2.57. The molecule has 0 saturated carbocycles. The molecule has 2 aromatic rings. The van der Waals surface area contributed by atoms with Crippen LogP contribution < -0.4 is 10.5 Å². The Morgan fingerprint density at radius 2 is 2.20 bits per heavy atom. The van der Waals surface area contributed by atoms with Crippen molar-refractivity contribution < 1.29 is 9.84 Å². The second kappa shape index (κ2) is 3.47. The number of anilines is 1. The number of aliphatic hydroxyl groups is 1. The summed E-state index contributed by atoms with van der Waals surface area (Å²) in [5, 5.41) is 10.1. The summed E-state index contributed by atoms with van der Waals surface area (Å²) in [6.45, 7) is 0.00688. The van der Waals surface area contributed by atoms with E-state index in [1.807, 2.05) is 29.8 Å². The van der Waals surface area contributed by atoms with Crippen molar-refractivity contribution in [3.05, 3.63) is 23.9 Å². The quantitative estimate of drug-likeness (QED) is 0.727. The Kier molecular flexibility index (Phi) is 2.28. The lowest BCUT2D eigenvalue weighted by Gasteiger charge is -2.05. The predicted octanol–water partition coefficient (Wildman–Crippen LogP) is 1.26. The molecule has 4 heteroatoms. The van der Waals surface area contributed by atoms with E-state index in [0.717, 1.165) is 16.6 Å². The first-order chi connectivity index (χ1) is 7.19. The maximum Gasteiger partial charge on any atom is 0.142 e. The third kappa shape index (κ3) is 1.34. The number of nitrogens with zero attached hydrogens (tertiary/aromatic N) is 1. The number of fused-ring (bicyclic) bond motifs is 1. The number of aliphatic hydroxyl groups excluding tert-OH is 1. The Morgan fingerprint density at radius 1 is 1.47 bits per heavy atom. The van der Waals surface area contributed by atoms with E-state index < -0.39 is 0 Å². The van der Waals surface area contributed by atoms with E-state index in [4.69, 9.17) is 15.6 Å². The standard InChI is InChI=1S/C11H14N2O2/c1-13-7(6-14)5-8-9(13)3-4-10(15-2)11(8)12/h3-5,14H,6,12H2,1-2H3. The molecule has 1 heterocycles. The number of nitrogen functional groups attached to an aromatic ring is 1. The highest BCUT2D eigenvalue weighted by Crippen LogP contribution is 2.32. The molecule has 80 valence electrons. The first kappa shape index (κ1) is 9.86. The molecule has 0 atom stereocenters. The zero-order chi connectivity index (χ0) is 11.0. The third-order valence-electron chi connectivity index (χ3n) is 2.71. The second-order valence-corrected chi connectivity index (χ2v) is 3.47. The van der Waals surface area contributed by atoms with Crippen molar-refractivity contribution in [2.45, 2.75) is 6.61 Å². The number of ether oxygens (including phenoxy) is 1. The lowest BCUT2D eigenvalue weighted by molar-refractivity contribution is 0.273. The van der Waals surface area contributed by atoms with Gasteiger partial charge in [-0.3, -0.25) is 0 Å². The number of methoxy groups -OCH3 is 1. The molecule has 0 saturated heterocycles. The van der Waals surface area contributed by atoms with Crippen LogP contribution in [-0.4, -0.2) is 16.8 Å². The summed E-state index contributed by atoms with van der Waals surface area (Å²) in [4.78, 5) is 0. The smallest absolute Gasteiger partial charge is 0.142 e. The van der Waals surface area contributed by atoms with Crippen LogP contribution in [-0.2, 0) is 13.7 Å². The van der Waals surface area contributed by atoms with Gasteiger partial charge >= 0.3 is 0 Å². The zero-order valence-electron chi connectivity index (χ0n) is 8.82. The van der Waals surface area contributed by atoms with Crippen LogP contribution in [0.15, 0.2) is 18.2 Å². The van der Waals surface area contributed by atoms with Crippen LogP contribution >= 0.6 is 0 Å². The number of hydrogen-bond acceptors (Lipinski definition) is 3. The van der Waals surface area contributed by atoms with Crippen molar-refractivity contribution in [2.24, 2.45) is 7.05 Å². The lowest BCUT2D eigenvalue weighted by atomic mass is 10.2. The summed E-state index contributed by atoms with van der Waals surface area (Å²) in [6.07, 6.45) is 0. The molecule has 0 radical (unpaired) electrons. The first-order valence-electron chi connectivity index (χ1n) is 4.70. The van der Waals surface area contributed by atoms with Gasteiger partial charge in [-0.25, -0.2) is 0 Å². The van der Waals surface area contributed by atoms with Gasteiger partial charge in [0.1, 0.15) is 5.75 Å². The van der Waals surface area contributed by atoms with Gasteiger partial charge in [0.15, 0.2) is 0 Å². The van der Waals surface area contributed by atoms with Gasteiger partial charge in [0.25, 0.3) is 0 Å². The minimum Gasteiger partial charge on any atom is -0.495 e. The highest BCUT2D eigenvalue weighted by Gasteiger charge is 2.10. The number of aromatic nitrogens is 1. The van der Waals surface area contributed by atoms with Gasteiger partial charge in [-0.15, -0.1) is 0 Å². The largest absolute Gasteiger partial charge is 0.495 e. The lowest BCUT2D eigenvalue weighted by Crippen LogP contribution is -1.95. The third-order valence-corrected chi connectivity index (χ3v) is 2.71. The molecule has 0 aliphatic heterocycles. The molecule has 2 rings (SSSR count). The fraction of sp³-hybridized carbons (Fsp3) is 0.273. The van der Waals surface area contributed by atoms with E-state index >= 15 is 0 Å². The number of aryl methyl sites for hydroxylation is 1. The molecule has 4 nitrogen and oxygen atoms in total. The Bertz CT molecular complexity index is 503. The molecule has 0 spiro atoms. The Balaban J connectivity index is 2.77. The molecule has 15 heavy (non-hydrogen) atoms. The molecule has 0 bridgehead atoms. The van der Waals surface area contributed by atoms with E-state index in [0.29, 0.717) is 11.4 Å². The summed E-state index contributed by atoms with van der Waals surface area (Å²) in [6, 6.07) is 5.65. The molecule has 1 aromatic carbocycles. The first-order valence-corrected chi connectivity index (χ1v) is 4.70. The van der Waals surface area contributed by atoms with Crippen molar-refractivity contribution in [2.75, 3.05) is 12.8 Å². The van der Waals surface area contributed by atoms with Crippen LogP contribution in [0, 0.1) is 0 Å². The maximum atomic E-state index is 9.14. The molecule has 0 aliphatic rings. The predicted molar refractivity (Wildman–Crippen MR) is 59.8 cm³/mol. The van der Waals surface area contributed by atoms with Crippen LogP contribution in [0.5, 0.6) is 5.75 Å². The monoisotopic (exact) mass is 206 g/mol. The fourth-order valence-corrected chi connectivity index (χ4v) is 1.80. The second-order valence-electron chi connectivity index (χ2n) is 3.47. The zero-order valence-corrected chi connectivity index (χ0v) is 8.82. The van der Waals surface area contributed by atoms with Crippen molar-refractivity contribution in [1.29, 1.82) is 0 Å². The molecule has 0 amide bonds. The minimum atomic E-state index is 0.00688. The van der Waals surface area contributed by atoms with Crippen LogP contribution in [0.4, 0.5) is 5.69 Å². The van der Waals surface area contributed by atoms with Gasteiger partial charge in [0.2, 0.25) is 0 Å². The van der Waals surface area contributed by atoms with Crippen LogP contribution in [0.1, 0.15) is 5.69 Å². The Labute approximate surface area is 87.9 Å². The number of nitrogens with two attached hydrogens (primary N) is 1.